The largest absolute Gasteiger partial charge is 0.424 e. The van der Waals surface area contributed by atoms with E-state index in [9.17, 15) is 9.59 Å². The highest BCUT2D eigenvalue weighted by atomic mass is 16.5. The van der Waals surface area contributed by atoms with Crippen LogP contribution in [0.25, 0.3) is 10.8 Å². The predicted molar refractivity (Wildman–Crippen MR) is 92.9 cm³/mol. The van der Waals surface area contributed by atoms with Crippen LogP contribution < -0.4 is 10.3 Å². The number of fused-ring (bicyclic) bond motifs is 1. The summed E-state index contributed by atoms with van der Waals surface area (Å²) in [5.74, 6) is 0.531. The van der Waals surface area contributed by atoms with Gasteiger partial charge in [0.05, 0.1) is 11.1 Å². The molecule has 0 aliphatic heterocycles. The Hall–Kier alpha value is -2.10. The maximum atomic E-state index is 12.6. The number of hydrogen-bond donors (Lipinski definition) is 0. The van der Waals surface area contributed by atoms with Gasteiger partial charge in [-0.05, 0) is 24.8 Å². The van der Waals surface area contributed by atoms with Crippen molar-refractivity contribution in [2.24, 2.45) is 13.0 Å². The third-order valence-corrected chi connectivity index (χ3v) is 3.93. The van der Waals surface area contributed by atoms with Crippen molar-refractivity contribution in [1.29, 1.82) is 0 Å². The van der Waals surface area contributed by atoms with E-state index in [1.807, 2.05) is 32.0 Å². The molecule has 0 N–H and O–H groups in total. The minimum absolute atomic E-state index is 0.0460. The first-order valence-electron chi connectivity index (χ1n) is 8.27. The van der Waals surface area contributed by atoms with Gasteiger partial charge >= 0.3 is 5.97 Å². The minimum Gasteiger partial charge on any atom is -0.424 e. The fourth-order valence-corrected chi connectivity index (χ4v) is 2.71. The lowest BCUT2D eigenvalue weighted by atomic mass is 10.1. The molecule has 0 unspecified atom stereocenters. The molecule has 0 atom stereocenters. The highest BCUT2D eigenvalue weighted by molar-refractivity contribution is 5.90. The average molecular weight is 315 g/mol. The van der Waals surface area contributed by atoms with Crippen LogP contribution in [0.3, 0.4) is 0 Å². The summed E-state index contributed by atoms with van der Waals surface area (Å²) >= 11 is 0. The molecule has 4 nitrogen and oxygen atoms in total. The molecule has 1 aromatic carbocycles. The minimum atomic E-state index is -0.249. The van der Waals surface area contributed by atoms with Gasteiger partial charge in [0, 0.05) is 18.9 Å². The number of ether oxygens (including phenoxy) is 1. The molecule has 124 valence electrons. The molecule has 0 bridgehead atoms. The van der Waals surface area contributed by atoms with Gasteiger partial charge in [0.1, 0.15) is 0 Å². The van der Waals surface area contributed by atoms with Crippen molar-refractivity contribution in [3.63, 3.8) is 0 Å². The Labute approximate surface area is 137 Å². The molecule has 0 aliphatic rings. The summed E-state index contributed by atoms with van der Waals surface area (Å²) in [6.45, 7) is 6.07. The van der Waals surface area contributed by atoms with Gasteiger partial charge < -0.3 is 9.30 Å². The molecule has 23 heavy (non-hydrogen) atoms. The SMILES string of the molecule is CCCCc1c(OC(=O)CC(C)C)c2ccccc2c(=O)n1C. The van der Waals surface area contributed by atoms with Crippen molar-refractivity contribution in [1.82, 2.24) is 4.57 Å². The van der Waals surface area contributed by atoms with Crippen molar-refractivity contribution >= 4 is 16.7 Å². The van der Waals surface area contributed by atoms with Crippen LogP contribution in [0.2, 0.25) is 0 Å². The number of unbranched alkanes of at least 4 members (excludes halogenated alkanes) is 1. The fraction of sp³-hybridized carbons (Fsp3) is 0.474. The Bertz CT molecular complexity index is 759. The number of pyridine rings is 1. The summed E-state index contributed by atoms with van der Waals surface area (Å²) in [5, 5.41) is 1.31. The number of aromatic nitrogens is 1. The third-order valence-electron chi connectivity index (χ3n) is 3.93. The summed E-state index contributed by atoms with van der Waals surface area (Å²) in [4.78, 5) is 24.7. The zero-order valence-electron chi connectivity index (χ0n) is 14.4. The maximum Gasteiger partial charge on any atom is 0.311 e. The van der Waals surface area contributed by atoms with Gasteiger partial charge in [-0.1, -0.05) is 45.4 Å². The van der Waals surface area contributed by atoms with E-state index in [0.29, 0.717) is 17.6 Å². The number of benzene rings is 1. The highest BCUT2D eigenvalue weighted by Crippen LogP contribution is 2.29. The summed E-state index contributed by atoms with van der Waals surface area (Å²) in [7, 11) is 1.75. The standard InChI is InChI=1S/C19H25NO3/c1-5-6-11-16-18(23-17(21)12-13(2)3)14-9-7-8-10-15(14)19(22)20(16)4/h7-10,13H,5-6,11-12H2,1-4H3. The van der Waals surface area contributed by atoms with Gasteiger partial charge in [-0.2, -0.15) is 0 Å². The van der Waals surface area contributed by atoms with Crippen molar-refractivity contribution in [2.45, 2.75) is 46.5 Å². The summed E-state index contributed by atoms with van der Waals surface area (Å²) in [6.07, 6.45) is 3.04. The Morgan fingerprint density at radius 1 is 1.22 bits per heavy atom. The van der Waals surface area contributed by atoms with E-state index >= 15 is 0 Å². The van der Waals surface area contributed by atoms with Crippen LogP contribution in [-0.4, -0.2) is 10.5 Å². The molecule has 0 saturated carbocycles. The van der Waals surface area contributed by atoms with E-state index in [2.05, 4.69) is 6.92 Å². The van der Waals surface area contributed by atoms with Gasteiger partial charge in [0.15, 0.2) is 5.75 Å². The van der Waals surface area contributed by atoms with E-state index in [1.54, 1.807) is 17.7 Å². The van der Waals surface area contributed by atoms with Crippen LogP contribution in [-0.2, 0) is 18.3 Å². The molecule has 0 fully saturated rings. The van der Waals surface area contributed by atoms with Crippen LogP contribution in [0.5, 0.6) is 5.75 Å². The van der Waals surface area contributed by atoms with Crippen molar-refractivity contribution < 1.29 is 9.53 Å². The van der Waals surface area contributed by atoms with E-state index in [-0.39, 0.29) is 17.4 Å². The Morgan fingerprint density at radius 2 is 1.87 bits per heavy atom. The molecule has 1 heterocycles. The first-order valence-corrected chi connectivity index (χ1v) is 8.27. The first-order chi connectivity index (χ1) is 11.0. The Morgan fingerprint density at radius 3 is 2.48 bits per heavy atom. The molecule has 4 heteroatoms. The van der Waals surface area contributed by atoms with Crippen LogP contribution in [0.15, 0.2) is 29.1 Å². The molecule has 1 aromatic heterocycles. The van der Waals surface area contributed by atoms with Crippen molar-refractivity contribution in [2.75, 3.05) is 0 Å². The lowest BCUT2D eigenvalue weighted by molar-refractivity contribution is -0.135. The van der Waals surface area contributed by atoms with Gasteiger partial charge in [-0.15, -0.1) is 0 Å². The smallest absolute Gasteiger partial charge is 0.311 e. The number of nitrogens with zero attached hydrogens (tertiary/aromatic N) is 1. The maximum absolute atomic E-state index is 12.6. The number of esters is 1. The lowest BCUT2D eigenvalue weighted by Crippen LogP contribution is -2.23. The Balaban J connectivity index is 2.60. The highest BCUT2D eigenvalue weighted by Gasteiger charge is 2.18. The summed E-state index contributed by atoms with van der Waals surface area (Å²) < 4.78 is 7.32. The zero-order valence-corrected chi connectivity index (χ0v) is 14.4. The monoisotopic (exact) mass is 315 g/mol. The second kappa shape index (κ2) is 7.44. The molecule has 2 aromatic rings. The van der Waals surface area contributed by atoms with Crippen LogP contribution >= 0.6 is 0 Å². The zero-order chi connectivity index (χ0) is 17.0. The second-order valence-corrected chi connectivity index (χ2v) is 6.36. The lowest BCUT2D eigenvalue weighted by Gasteiger charge is -2.17. The number of hydrogen-bond acceptors (Lipinski definition) is 3. The quantitative estimate of drug-likeness (QED) is 0.761. The second-order valence-electron chi connectivity index (χ2n) is 6.36. The third kappa shape index (κ3) is 3.81. The van der Waals surface area contributed by atoms with E-state index < -0.39 is 0 Å². The topological polar surface area (TPSA) is 48.3 Å². The first kappa shape index (κ1) is 17.3. The average Bonchev–Trinajstić information content (AvgIpc) is 2.51. The molecule has 0 amide bonds. The van der Waals surface area contributed by atoms with E-state index in [1.165, 1.54) is 0 Å². The van der Waals surface area contributed by atoms with Gasteiger partial charge in [0.25, 0.3) is 5.56 Å². The molecule has 0 spiro atoms. The van der Waals surface area contributed by atoms with Gasteiger partial charge in [-0.25, -0.2) is 0 Å². The van der Waals surface area contributed by atoms with Crippen molar-refractivity contribution in [3.05, 3.63) is 40.3 Å². The van der Waals surface area contributed by atoms with Gasteiger partial charge in [0.2, 0.25) is 0 Å². The molecule has 2 rings (SSSR count). The van der Waals surface area contributed by atoms with Crippen LogP contribution in [0.4, 0.5) is 0 Å². The normalized spacial score (nSPS) is 11.2. The molecular weight excluding hydrogens is 290 g/mol. The van der Waals surface area contributed by atoms with E-state index in [0.717, 1.165) is 30.3 Å². The summed E-state index contributed by atoms with van der Waals surface area (Å²) in [5.41, 5.74) is 0.753. The predicted octanol–water partition coefficient (Wildman–Crippen LogP) is 3.83. The molecule has 0 saturated heterocycles. The molecular formula is C19H25NO3. The van der Waals surface area contributed by atoms with Crippen molar-refractivity contribution in [3.8, 4) is 5.75 Å². The van der Waals surface area contributed by atoms with Crippen LogP contribution in [0.1, 0.15) is 45.7 Å². The number of rotatable bonds is 6. The molecule has 0 aliphatic carbocycles. The molecule has 0 radical (unpaired) electrons. The Kier molecular flexibility index (Phi) is 5.59. The van der Waals surface area contributed by atoms with Crippen LogP contribution in [0, 0.1) is 5.92 Å². The fourth-order valence-electron chi connectivity index (χ4n) is 2.71. The number of carbonyl (C=O) groups excluding carboxylic acids is 1. The van der Waals surface area contributed by atoms with Gasteiger partial charge in [-0.3, -0.25) is 9.59 Å². The van der Waals surface area contributed by atoms with E-state index in [4.69, 9.17) is 4.74 Å². The summed E-state index contributed by atoms with van der Waals surface area (Å²) in [6, 6.07) is 7.32. The number of carbonyl (C=O) groups is 1.